The minimum Gasteiger partial charge on any atom is -0.320 e. The maximum Gasteiger partial charge on any atom is 0.226 e. The van der Waals surface area contributed by atoms with Gasteiger partial charge in [-0.3, -0.25) is 4.79 Å². The van der Waals surface area contributed by atoms with Gasteiger partial charge in [-0.1, -0.05) is 6.58 Å². The Morgan fingerprint density at radius 2 is 2.33 bits per heavy atom. The van der Waals surface area contributed by atoms with Crippen LogP contribution in [0.5, 0.6) is 0 Å². The monoisotopic (exact) mass is 217 g/mol. The topological polar surface area (TPSA) is 20.3 Å². The molecule has 1 rings (SSSR count). The van der Waals surface area contributed by atoms with Gasteiger partial charge in [0.1, 0.15) is 0 Å². The summed E-state index contributed by atoms with van der Waals surface area (Å²) in [6.07, 6.45) is 3.28. The van der Waals surface area contributed by atoms with Crippen LogP contribution >= 0.6 is 0 Å². The van der Waals surface area contributed by atoms with Crippen LogP contribution in [0.2, 0.25) is 0 Å². The van der Waals surface area contributed by atoms with Gasteiger partial charge in [0, 0.05) is 33.4 Å². The molecule has 0 saturated carbocycles. The average molecular weight is 218 g/mol. The normalized spacial score (nSPS) is 17.3. The van der Waals surface area contributed by atoms with Crippen LogP contribution in [0.3, 0.4) is 0 Å². The zero-order valence-electron chi connectivity index (χ0n) is 5.08. The van der Waals surface area contributed by atoms with Gasteiger partial charge in [-0.2, -0.15) is 0 Å². The van der Waals surface area contributed by atoms with Crippen molar-refractivity contribution < 1.29 is 25.2 Å². The standard InChI is InChI=1S/C6H9NO.Pd/c1-2-7-5-3-4-6(7)8;/h2H,1,3-5H2;. The fourth-order valence-electron chi connectivity index (χ4n) is 0.862. The summed E-state index contributed by atoms with van der Waals surface area (Å²) in [6, 6.07) is 0. The smallest absolute Gasteiger partial charge is 0.226 e. The van der Waals surface area contributed by atoms with Gasteiger partial charge in [0.05, 0.1) is 0 Å². The molecule has 2 nitrogen and oxygen atoms in total. The number of carbonyl (C=O) groups is 1. The first-order valence-corrected chi connectivity index (χ1v) is 2.76. The van der Waals surface area contributed by atoms with Gasteiger partial charge < -0.3 is 4.90 Å². The Labute approximate surface area is 68.6 Å². The van der Waals surface area contributed by atoms with Crippen LogP contribution in [0.1, 0.15) is 12.8 Å². The van der Waals surface area contributed by atoms with Crippen LogP contribution in [0.4, 0.5) is 0 Å². The van der Waals surface area contributed by atoms with Gasteiger partial charge in [0.2, 0.25) is 5.91 Å². The fraction of sp³-hybridized carbons (Fsp3) is 0.500. The number of carbonyl (C=O) groups excluding carboxylic acids is 1. The molecule has 0 N–H and O–H groups in total. The molecule has 0 unspecified atom stereocenters. The first-order valence-electron chi connectivity index (χ1n) is 2.76. The maximum atomic E-state index is 10.7. The zero-order valence-corrected chi connectivity index (χ0v) is 6.63. The van der Waals surface area contributed by atoms with Crippen molar-refractivity contribution in [3.8, 4) is 0 Å². The second-order valence-electron chi connectivity index (χ2n) is 1.87. The Bertz CT molecular complexity index is 124. The van der Waals surface area contributed by atoms with E-state index >= 15 is 0 Å². The molecule has 1 fully saturated rings. The summed E-state index contributed by atoms with van der Waals surface area (Å²) in [4.78, 5) is 12.3. The number of hydrogen-bond donors (Lipinski definition) is 0. The van der Waals surface area contributed by atoms with E-state index in [0.717, 1.165) is 13.0 Å². The average Bonchev–Trinajstić information content (AvgIpc) is 2.14. The van der Waals surface area contributed by atoms with E-state index in [4.69, 9.17) is 0 Å². The number of hydrogen-bond acceptors (Lipinski definition) is 1. The summed E-state index contributed by atoms with van der Waals surface area (Å²) < 4.78 is 0. The van der Waals surface area contributed by atoms with Crippen molar-refractivity contribution in [1.29, 1.82) is 0 Å². The molecular formula is C6H9NOPd. The van der Waals surface area contributed by atoms with Crippen molar-refractivity contribution in [2.24, 2.45) is 0 Å². The SMILES string of the molecule is C=CN1CCCC1=O.[Pd]. The third-order valence-corrected chi connectivity index (χ3v) is 1.33. The van der Waals surface area contributed by atoms with Crippen molar-refractivity contribution in [3.63, 3.8) is 0 Å². The van der Waals surface area contributed by atoms with E-state index < -0.39 is 0 Å². The van der Waals surface area contributed by atoms with Crippen molar-refractivity contribution in [1.82, 2.24) is 4.90 Å². The molecule has 0 aromatic rings. The second-order valence-corrected chi connectivity index (χ2v) is 1.87. The van der Waals surface area contributed by atoms with Crippen LogP contribution in [0, 0.1) is 0 Å². The van der Waals surface area contributed by atoms with Crippen molar-refractivity contribution in [2.75, 3.05) is 6.54 Å². The minimum atomic E-state index is 0. The predicted molar refractivity (Wildman–Crippen MR) is 31.1 cm³/mol. The Balaban J connectivity index is 0.000000640. The van der Waals surface area contributed by atoms with E-state index in [2.05, 4.69) is 6.58 Å². The number of likely N-dealkylation sites (tertiary alicyclic amines) is 1. The summed E-state index contributed by atoms with van der Waals surface area (Å²) in [5.41, 5.74) is 0. The first kappa shape index (κ1) is 8.87. The number of rotatable bonds is 1. The van der Waals surface area contributed by atoms with Crippen LogP contribution in [0.25, 0.3) is 0 Å². The van der Waals surface area contributed by atoms with E-state index in [1.807, 2.05) is 0 Å². The first-order chi connectivity index (χ1) is 3.84. The summed E-state index contributed by atoms with van der Waals surface area (Å²) >= 11 is 0. The van der Waals surface area contributed by atoms with E-state index in [-0.39, 0.29) is 26.3 Å². The van der Waals surface area contributed by atoms with E-state index in [1.54, 1.807) is 11.1 Å². The van der Waals surface area contributed by atoms with Crippen LogP contribution in [-0.4, -0.2) is 17.4 Å². The van der Waals surface area contributed by atoms with Crippen LogP contribution < -0.4 is 0 Å². The molecule has 0 bridgehead atoms. The van der Waals surface area contributed by atoms with E-state index in [1.165, 1.54) is 0 Å². The van der Waals surface area contributed by atoms with E-state index in [0.29, 0.717) is 6.42 Å². The molecule has 54 valence electrons. The third kappa shape index (κ3) is 1.93. The molecule has 1 amide bonds. The molecule has 1 aliphatic heterocycles. The van der Waals surface area contributed by atoms with Gasteiger partial charge >= 0.3 is 0 Å². The molecule has 1 saturated heterocycles. The van der Waals surface area contributed by atoms with Gasteiger partial charge in [-0.15, -0.1) is 0 Å². The minimum absolute atomic E-state index is 0. The molecule has 9 heavy (non-hydrogen) atoms. The van der Waals surface area contributed by atoms with Gasteiger partial charge in [0.25, 0.3) is 0 Å². The molecule has 0 aromatic heterocycles. The molecule has 1 heterocycles. The predicted octanol–water partition coefficient (Wildman–Crippen LogP) is 0.750. The van der Waals surface area contributed by atoms with Gasteiger partial charge in [-0.05, 0) is 12.6 Å². The Kier molecular flexibility index (Phi) is 3.76. The van der Waals surface area contributed by atoms with Crippen LogP contribution in [-0.2, 0) is 25.2 Å². The van der Waals surface area contributed by atoms with Crippen molar-refractivity contribution in [3.05, 3.63) is 12.8 Å². The molecule has 0 atom stereocenters. The Hall–Kier alpha value is -0.128. The van der Waals surface area contributed by atoms with Gasteiger partial charge in [0.15, 0.2) is 0 Å². The number of amides is 1. The third-order valence-electron chi connectivity index (χ3n) is 1.33. The van der Waals surface area contributed by atoms with Crippen molar-refractivity contribution >= 4 is 5.91 Å². The summed E-state index contributed by atoms with van der Waals surface area (Å²) in [5, 5.41) is 0. The zero-order chi connectivity index (χ0) is 5.98. The van der Waals surface area contributed by atoms with Crippen LogP contribution in [0.15, 0.2) is 12.8 Å². The van der Waals surface area contributed by atoms with E-state index in [9.17, 15) is 4.79 Å². The summed E-state index contributed by atoms with van der Waals surface area (Å²) in [6.45, 7) is 4.36. The summed E-state index contributed by atoms with van der Waals surface area (Å²) in [5.74, 6) is 0.208. The summed E-state index contributed by atoms with van der Waals surface area (Å²) in [7, 11) is 0. The Morgan fingerprint density at radius 3 is 2.56 bits per heavy atom. The second kappa shape index (κ2) is 3.81. The maximum absolute atomic E-state index is 10.7. The molecule has 0 aliphatic carbocycles. The molecular weight excluding hydrogens is 208 g/mol. The molecule has 3 heteroatoms. The largest absolute Gasteiger partial charge is 0.320 e. The number of nitrogens with zero attached hydrogens (tertiary/aromatic N) is 1. The molecule has 1 aliphatic rings. The fourth-order valence-corrected chi connectivity index (χ4v) is 0.862. The van der Waals surface area contributed by atoms with Gasteiger partial charge in [-0.25, -0.2) is 0 Å². The van der Waals surface area contributed by atoms with Crippen molar-refractivity contribution in [2.45, 2.75) is 12.8 Å². The molecule has 0 aromatic carbocycles. The molecule has 0 spiro atoms. The quantitative estimate of drug-likeness (QED) is 0.594. The Morgan fingerprint density at radius 1 is 1.67 bits per heavy atom. The molecule has 0 radical (unpaired) electrons.